The Balaban J connectivity index is 1.95. The quantitative estimate of drug-likeness (QED) is 0.710. The lowest BCUT2D eigenvalue weighted by molar-refractivity contribution is 0.0947. The third-order valence-corrected chi connectivity index (χ3v) is 3.89. The van der Waals surface area contributed by atoms with Crippen LogP contribution in [0.1, 0.15) is 42.2 Å². The van der Waals surface area contributed by atoms with Gasteiger partial charge in [0.05, 0.1) is 12.4 Å². The van der Waals surface area contributed by atoms with Crippen LogP contribution in [0.15, 0.2) is 35.1 Å². The van der Waals surface area contributed by atoms with Crippen LogP contribution >= 0.6 is 15.9 Å². The Morgan fingerprint density at radius 3 is 2.70 bits per heavy atom. The number of rotatable bonds is 7. The van der Waals surface area contributed by atoms with E-state index in [1.807, 2.05) is 25.1 Å². The highest BCUT2D eigenvalue weighted by Crippen LogP contribution is 2.22. The average molecular weight is 377 g/mol. The number of carbonyl (C=O) groups is 1. The summed E-state index contributed by atoms with van der Waals surface area (Å²) in [5, 5.41) is 6.05. The Morgan fingerprint density at radius 1 is 1.22 bits per heavy atom. The highest BCUT2D eigenvalue weighted by Gasteiger charge is 2.08. The van der Waals surface area contributed by atoms with Gasteiger partial charge in [-0.1, -0.05) is 35.7 Å². The summed E-state index contributed by atoms with van der Waals surface area (Å²) in [4.78, 5) is 20.4. The maximum absolute atomic E-state index is 11.9. The standard InChI is InChI=1S/C17H21BrN4O/c1-3-4-5-8-19-17(23)15-10-21-16(11-20-15)22-14-7-6-13(18)9-12(14)2/h6-7,9-11H,3-5,8H2,1-2H3,(H,19,23)(H,21,22). The van der Waals surface area contributed by atoms with Crippen LogP contribution in [0.2, 0.25) is 0 Å². The maximum Gasteiger partial charge on any atom is 0.271 e. The summed E-state index contributed by atoms with van der Waals surface area (Å²) in [6, 6.07) is 5.95. The van der Waals surface area contributed by atoms with Crippen LogP contribution in [0.4, 0.5) is 11.5 Å². The van der Waals surface area contributed by atoms with Crippen molar-refractivity contribution in [3.05, 3.63) is 46.3 Å². The van der Waals surface area contributed by atoms with E-state index in [1.54, 1.807) is 6.20 Å². The Hall–Kier alpha value is -1.95. The van der Waals surface area contributed by atoms with Gasteiger partial charge in [0.1, 0.15) is 11.5 Å². The van der Waals surface area contributed by atoms with Gasteiger partial charge in [0.2, 0.25) is 0 Å². The molecule has 0 aliphatic carbocycles. The molecule has 2 rings (SSSR count). The van der Waals surface area contributed by atoms with Gasteiger partial charge in [-0.05, 0) is 37.1 Å². The van der Waals surface area contributed by atoms with Crippen molar-refractivity contribution < 1.29 is 4.79 Å². The number of hydrogen-bond donors (Lipinski definition) is 2. The zero-order valence-corrected chi connectivity index (χ0v) is 15.0. The van der Waals surface area contributed by atoms with Gasteiger partial charge in [0.15, 0.2) is 0 Å². The van der Waals surface area contributed by atoms with Crippen molar-refractivity contribution in [2.45, 2.75) is 33.1 Å². The van der Waals surface area contributed by atoms with Crippen molar-refractivity contribution in [1.29, 1.82) is 0 Å². The van der Waals surface area contributed by atoms with Crippen LogP contribution in [-0.2, 0) is 0 Å². The van der Waals surface area contributed by atoms with Crippen LogP contribution in [0.5, 0.6) is 0 Å². The second kappa shape index (κ2) is 8.62. The van der Waals surface area contributed by atoms with E-state index < -0.39 is 0 Å². The lowest BCUT2D eigenvalue weighted by atomic mass is 10.2. The third-order valence-electron chi connectivity index (χ3n) is 3.40. The predicted octanol–water partition coefficient (Wildman–Crippen LogP) is 4.21. The summed E-state index contributed by atoms with van der Waals surface area (Å²) in [6.45, 7) is 4.82. The summed E-state index contributed by atoms with van der Waals surface area (Å²) in [5.41, 5.74) is 2.39. The van der Waals surface area contributed by atoms with E-state index in [-0.39, 0.29) is 5.91 Å². The number of aryl methyl sites for hydroxylation is 1. The Kier molecular flexibility index (Phi) is 6.52. The number of nitrogens with zero attached hydrogens (tertiary/aromatic N) is 2. The van der Waals surface area contributed by atoms with Crippen LogP contribution in [0.25, 0.3) is 0 Å². The third kappa shape index (κ3) is 5.32. The van der Waals surface area contributed by atoms with Gasteiger partial charge in [-0.15, -0.1) is 0 Å². The molecule has 0 atom stereocenters. The minimum absolute atomic E-state index is 0.181. The topological polar surface area (TPSA) is 66.9 Å². The SMILES string of the molecule is CCCCCNC(=O)c1cnc(Nc2ccc(Br)cc2C)cn1. The van der Waals surface area contributed by atoms with E-state index in [2.05, 4.69) is 43.5 Å². The molecule has 2 N–H and O–H groups in total. The predicted molar refractivity (Wildman–Crippen MR) is 96.1 cm³/mol. The Bertz CT molecular complexity index is 658. The highest BCUT2D eigenvalue weighted by atomic mass is 79.9. The Morgan fingerprint density at radius 2 is 2.04 bits per heavy atom. The molecule has 0 aliphatic heterocycles. The molecule has 122 valence electrons. The number of halogens is 1. The zero-order chi connectivity index (χ0) is 16.7. The number of nitrogens with one attached hydrogen (secondary N) is 2. The average Bonchev–Trinajstić information content (AvgIpc) is 2.55. The molecule has 5 nitrogen and oxygen atoms in total. The van der Waals surface area contributed by atoms with Gasteiger partial charge in [-0.3, -0.25) is 4.79 Å². The number of hydrogen-bond acceptors (Lipinski definition) is 4. The number of carbonyl (C=O) groups excluding carboxylic acids is 1. The minimum Gasteiger partial charge on any atom is -0.351 e. The maximum atomic E-state index is 11.9. The van der Waals surface area contributed by atoms with E-state index in [4.69, 9.17) is 0 Å². The van der Waals surface area contributed by atoms with Crippen molar-refractivity contribution in [1.82, 2.24) is 15.3 Å². The van der Waals surface area contributed by atoms with Gasteiger partial charge in [0, 0.05) is 16.7 Å². The molecule has 0 aliphatic rings. The van der Waals surface area contributed by atoms with E-state index in [0.717, 1.165) is 35.0 Å². The smallest absolute Gasteiger partial charge is 0.271 e. The molecule has 23 heavy (non-hydrogen) atoms. The molecule has 0 radical (unpaired) electrons. The van der Waals surface area contributed by atoms with E-state index in [9.17, 15) is 4.79 Å². The van der Waals surface area contributed by atoms with Gasteiger partial charge in [0.25, 0.3) is 5.91 Å². The molecule has 0 fully saturated rings. The van der Waals surface area contributed by atoms with E-state index in [1.165, 1.54) is 6.20 Å². The van der Waals surface area contributed by atoms with Crippen molar-refractivity contribution in [3.8, 4) is 0 Å². The molecule has 2 aromatic rings. The van der Waals surface area contributed by atoms with Crippen LogP contribution in [0.3, 0.4) is 0 Å². The molecule has 1 amide bonds. The summed E-state index contributed by atoms with van der Waals surface area (Å²) in [6.07, 6.45) is 6.29. The van der Waals surface area contributed by atoms with Crippen LogP contribution in [0, 0.1) is 6.92 Å². The number of anilines is 2. The Labute approximate surface area is 145 Å². The fraction of sp³-hybridized carbons (Fsp3) is 0.353. The lowest BCUT2D eigenvalue weighted by Crippen LogP contribution is -2.25. The van der Waals surface area contributed by atoms with Gasteiger partial charge < -0.3 is 10.6 Å². The molecule has 0 saturated carbocycles. The first-order chi connectivity index (χ1) is 11.1. The number of unbranched alkanes of at least 4 members (excludes halogenated alkanes) is 2. The number of aromatic nitrogens is 2. The fourth-order valence-electron chi connectivity index (χ4n) is 2.08. The molecular weight excluding hydrogens is 356 g/mol. The molecule has 0 bridgehead atoms. The first-order valence-corrected chi connectivity index (χ1v) is 8.53. The first-order valence-electron chi connectivity index (χ1n) is 7.73. The molecule has 6 heteroatoms. The van der Waals surface area contributed by atoms with Crippen molar-refractivity contribution >= 4 is 33.3 Å². The van der Waals surface area contributed by atoms with Crippen LogP contribution < -0.4 is 10.6 Å². The molecule has 1 heterocycles. The normalized spacial score (nSPS) is 10.4. The summed E-state index contributed by atoms with van der Waals surface area (Å²) >= 11 is 3.44. The summed E-state index contributed by atoms with van der Waals surface area (Å²) in [5.74, 6) is 0.429. The zero-order valence-electron chi connectivity index (χ0n) is 13.4. The molecule has 0 unspecified atom stereocenters. The number of amides is 1. The fourth-order valence-corrected chi connectivity index (χ4v) is 2.56. The molecule has 0 saturated heterocycles. The van der Waals surface area contributed by atoms with Crippen molar-refractivity contribution in [2.24, 2.45) is 0 Å². The summed E-state index contributed by atoms with van der Waals surface area (Å²) in [7, 11) is 0. The van der Waals surface area contributed by atoms with Crippen molar-refractivity contribution in [3.63, 3.8) is 0 Å². The van der Waals surface area contributed by atoms with E-state index in [0.29, 0.717) is 18.1 Å². The highest BCUT2D eigenvalue weighted by molar-refractivity contribution is 9.10. The lowest BCUT2D eigenvalue weighted by Gasteiger charge is -2.09. The van der Waals surface area contributed by atoms with E-state index >= 15 is 0 Å². The summed E-state index contributed by atoms with van der Waals surface area (Å²) < 4.78 is 1.03. The van der Waals surface area contributed by atoms with Gasteiger partial charge in [-0.25, -0.2) is 9.97 Å². The molecular formula is C17H21BrN4O. The second-order valence-corrected chi connectivity index (χ2v) is 6.25. The largest absolute Gasteiger partial charge is 0.351 e. The monoisotopic (exact) mass is 376 g/mol. The van der Waals surface area contributed by atoms with Gasteiger partial charge in [-0.2, -0.15) is 0 Å². The minimum atomic E-state index is -0.181. The van der Waals surface area contributed by atoms with Crippen molar-refractivity contribution in [2.75, 3.05) is 11.9 Å². The molecule has 0 spiro atoms. The van der Waals surface area contributed by atoms with Crippen LogP contribution in [-0.4, -0.2) is 22.4 Å². The second-order valence-electron chi connectivity index (χ2n) is 5.33. The first kappa shape index (κ1) is 17.4. The number of benzene rings is 1. The van der Waals surface area contributed by atoms with Gasteiger partial charge >= 0.3 is 0 Å². The molecule has 1 aromatic heterocycles. The molecule has 1 aromatic carbocycles.